The molecule has 1 aliphatic rings. The number of piperazine rings is 1. The highest BCUT2D eigenvalue weighted by molar-refractivity contribution is 5.77. The zero-order valence-electron chi connectivity index (χ0n) is 19.4. The Balaban J connectivity index is 1.59. The second-order valence-corrected chi connectivity index (χ2v) is 8.50. The van der Waals surface area contributed by atoms with Gasteiger partial charge in [0.05, 0.1) is 43.3 Å². The predicted molar refractivity (Wildman–Crippen MR) is 130 cm³/mol. The van der Waals surface area contributed by atoms with Crippen molar-refractivity contribution >= 4 is 10.9 Å². The standard InChI is InChI=1S/C26H34N4O3/c1-2-24(29-14-12-28(13-15-29)16-18-33-19-17-31)25-27-23-11-7-6-10-22(23)26(32)30(25)20-21-8-4-3-5-9-21/h3-11,24,31H,2,12-20H2,1H3. The summed E-state index contributed by atoms with van der Waals surface area (Å²) in [5.41, 5.74) is 1.89. The average Bonchev–Trinajstić information content (AvgIpc) is 2.86. The molecule has 33 heavy (non-hydrogen) atoms. The van der Waals surface area contributed by atoms with Crippen LogP contribution in [0.4, 0.5) is 0 Å². The minimum Gasteiger partial charge on any atom is -0.394 e. The number of benzene rings is 2. The minimum atomic E-state index is 0.0255. The topological polar surface area (TPSA) is 70.8 Å². The van der Waals surface area contributed by atoms with Crippen LogP contribution in [0.1, 0.15) is 30.8 Å². The van der Waals surface area contributed by atoms with E-state index in [2.05, 4.69) is 28.9 Å². The number of aliphatic hydroxyl groups excluding tert-OH is 1. The molecule has 3 aromatic rings. The fourth-order valence-corrected chi connectivity index (χ4v) is 4.62. The van der Waals surface area contributed by atoms with Gasteiger partial charge in [-0.15, -0.1) is 0 Å². The second kappa shape index (κ2) is 11.5. The molecular weight excluding hydrogens is 416 g/mol. The molecule has 2 heterocycles. The van der Waals surface area contributed by atoms with Crippen LogP contribution in [0.3, 0.4) is 0 Å². The van der Waals surface area contributed by atoms with Crippen LogP contribution in [0.25, 0.3) is 10.9 Å². The van der Waals surface area contributed by atoms with Crippen molar-refractivity contribution in [2.45, 2.75) is 25.9 Å². The van der Waals surface area contributed by atoms with Crippen molar-refractivity contribution in [1.29, 1.82) is 0 Å². The summed E-state index contributed by atoms with van der Waals surface area (Å²) in [5.74, 6) is 0.852. The molecular formula is C26H34N4O3. The Morgan fingerprint density at radius 2 is 1.73 bits per heavy atom. The summed E-state index contributed by atoms with van der Waals surface area (Å²) in [6.07, 6.45) is 0.888. The van der Waals surface area contributed by atoms with Crippen molar-refractivity contribution in [2.75, 3.05) is 52.5 Å². The summed E-state index contributed by atoms with van der Waals surface area (Å²) in [4.78, 5) is 23.4. The van der Waals surface area contributed by atoms with Gasteiger partial charge in [-0.1, -0.05) is 49.4 Å². The van der Waals surface area contributed by atoms with Crippen LogP contribution < -0.4 is 5.56 Å². The van der Waals surface area contributed by atoms with E-state index >= 15 is 0 Å². The van der Waals surface area contributed by atoms with Gasteiger partial charge in [-0.05, 0) is 24.1 Å². The third-order valence-corrected chi connectivity index (χ3v) is 6.39. The lowest BCUT2D eigenvalue weighted by atomic mass is 10.1. The van der Waals surface area contributed by atoms with Gasteiger partial charge in [-0.3, -0.25) is 19.2 Å². The molecule has 2 aromatic carbocycles. The van der Waals surface area contributed by atoms with E-state index < -0.39 is 0 Å². The van der Waals surface area contributed by atoms with Gasteiger partial charge in [-0.2, -0.15) is 0 Å². The Morgan fingerprint density at radius 3 is 2.45 bits per heavy atom. The summed E-state index contributed by atoms with van der Waals surface area (Å²) >= 11 is 0. The second-order valence-electron chi connectivity index (χ2n) is 8.50. The normalized spacial score (nSPS) is 16.3. The third-order valence-electron chi connectivity index (χ3n) is 6.39. The fraction of sp³-hybridized carbons (Fsp3) is 0.462. The number of nitrogens with zero attached hydrogens (tertiary/aromatic N) is 4. The Kier molecular flexibility index (Phi) is 8.23. The molecule has 176 valence electrons. The lowest BCUT2D eigenvalue weighted by molar-refractivity contribution is 0.0460. The summed E-state index contributed by atoms with van der Waals surface area (Å²) in [5, 5.41) is 9.53. The Hall–Kier alpha value is -2.58. The molecule has 1 N–H and O–H groups in total. The van der Waals surface area contributed by atoms with Crippen molar-refractivity contribution in [1.82, 2.24) is 19.4 Å². The molecule has 0 aliphatic carbocycles. The van der Waals surface area contributed by atoms with Crippen molar-refractivity contribution < 1.29 is 9.84 Å². The highest BCUT2D eigenvalue weighted by Gasteiger charge is 2.28. The molecule has 1 aromatic heterocycles. The zero-order chi connectivity index (χ0) is 23.0. The lowest BCUT2D eigenvalue weighted by Gasteiger charge is -2.39. The van der Waals surface area contributed by atoms with E-state index in [0.29, 0.717) is 25.1 Å². The minimum absolute atomic E-state index is 0.0255. The maximum absolute atomic E-state index is 13.5. The van der Waals surface area contributed by atoms with E-state index in [4.69, 9.17) is 14.8 Å². The highest BCUT2D eigenvalue weighted by Crippen LogP contribution is 2.25. The molecule has 1 atom stereocenters. The molecule has 0 spiro atoms. The smallest absolute Gasteiger partial charge is 0.261 e. The molecule has 1 fully saturated rings. The van der Waals surface area contributed by atoms with Gasteiger partial charge < -0.3 is 9.84 Å². The van der Waals surface area contributed by atoms with E-state index in [1.807, 2.05) is 47.0 Å². The maximum atomic E-state index is 13.5. The molecule has 1 aliphatic heterocycles. The summed E-state index contributed by atoms with van der Waals surface area (Å²) in [7, 11) is 0. The Labute approximate surface area is 195 Å². The quantitative estimate of drug-likeness (QED) is 0.479. The van der Waals surface area contributed by atoms with Gasteiger partial charge in [0.1, 0.15) is 5.82 Å². The summed E-state index contributed by atoms with van der Waals surface area (Å²) in [6.45, 7) is 8.42. The number of hydrogen-bond acceptors (Lipinski definition) is 6. The van der Waals surface area contributed by atoms with Crippen molar-refractivity contribution in [2.24, 2.45) is 0 Å². The van der Waals surface area contributed by atoms with Crippen LogP contribution in [0.15, 0.2) is 59.4 Å². The first-order valence-corrected chi connectivity index (χ1v) is 11.9. The number of ether oxygens (including phenoxy) is 1. The molecule has 0 saturated carbocycles. The SMILES string of the molecule is CCC(c1nc2ccccc2c(=O)n1Cc1ccccc1)N1CCN(CCOCCO)CC1. The van der Waals surface area contributed by atoms with Gasteiger partial charge in [0.25, 0.3) is 5.56 Å². The largest absolute Gasteiger partial charge is 0.394 e. The van der Waals surface area contributed by atoms with E-state index in [-0.39, 0.29) is 18.2 Å². The highest BCUT2D eigenvalue weighted by atomic mass is 16.5. The first-order chi connectivity index (χ1) is 16.2. The van der Waals surface area contributed by atoms with Gasteiger partial charge in [0, 0.05) is 32.7 Å². The van der Waals surface area contributed by atoms with Gasteiger partial charge >= 0.3 is 0 Å². The van der Waals surface area contributed by atoms with Crippen LogP contribution in [0.5, 0.6) is 0 Å². The lowest BCUT2D eigenvalue weighted by Crippen LogP contribution is -2.49. The van der Waals surface area contributed by atoms with E-state index in [1.165, 1.54) is 0 Å². The van der Waals surface area contributed by atoms with Crippen molar-refractivity contribution in [3.05, 3.63) is 76.3 Å². The van der Waals surface area contributed by atoms with Crippen LogP contribution >= 0.6 is 0 Å². The number of aliphatic hydroxyl groups is 1. The van der Waals surface area contributed by atoms with E-state index in [1.54, 1.807) is 0 Å². The van der Waals surface area contributed by atoms with Gasteiger partial charge in [-0.25, -0.2) is 4.98 Å². The first kappa shape index (κ1) is 23.6. The van der Waals surface area contributed by atoms with E-state index in [9.17, 15) is 4.79 Å². The molecule has 4 rings (SSSR count). The third kappa shape index (κ3) is 5.68. The summed E-state index contributed by atoms with van der Waals surface area (Å²) in [6, 6.07) is 17.9. The Morgan fingerprint density at radius 1 is 1.00 bits per heavy atom. The first-order valence-electron chi connectivity index (χ1n) is 11.9. The zero-order valence-corrected chi connectivity index (χ0v) is 19.4. The summed E-state index contributed by atoms with van der Waals surface area (Å²) < 4.78 is 7.30. The number of rotatable bonds is 10. The average molecular weight is 451 g/mol. The molecule has 1 saturated heterocycles. The van der Waals surface area contributed by atoms with Gasteiger partial charge in [0.15, 0.2) is 0 Å². The predicted octanol–water partition coefficient (Wildman–Crippen LogP) is 2.52. The number of fused-ring (bicyclic) bond motifs is 1. The van der Waals surface area contributed by atoms with Crippen LogP contribution in [-0.4, -0.2) is 77.0 Å². The van der Waals surface area contributed by atoms with E-state index in [0.717, 1.165) is 56.0 Å². The number of aromatic nitrogens is 2. The molecule has 0 amide bonds. The van der Waals surface area contributed by atoms with Crippen LogP contribution in [0.2, 0.25) is 0 Å². The Bertz CT molecular complexity index is 1080. The van der Waals surface area contributed by atoms with Crippen LogP contribution in [0, 0.1) is 0 Å². The van der Waals surface area contributed by atoms with Gasteiger partial charge in [0.2, 0.25) is 0 Å². The number of para-hydroxylation sites is 1. The number of hydrogen-bond donors (Lipinski definition) is 1. The fourth-order valence-electron chi connectivity index (χ4n) is 4.62. The molecule has 7 heteroatoms. The van der Waals surface area contributed by atoms with Crippen LogP contribution in [-0.2, 0) is 11.3 Å². The molecule has 1 unspecified atom stereocenters. The molecule has 0 bridgehead atoms. The maximum Gasteiger partial charge on any atom is 0.261 e. The monoisotopic (exact) mass is 450 g/mol. The molecule has 7 nitrogen and oxygen atoms in total. The van der Waals surface area contributed by atoms with Crippen molar-refractivity contribution in [3.8, 4) is 0 Å². The van der Waals surface area contributed by atoms with Crippen molar-refractivity contribution in [3.63, 3.8) is 0 Å². The molecule has 0 radical (unpaired) electrons.